The van der Waals surface area contributed by atoms with Crippen molar-refractivity contribution < 1.29 is 24.3 Å². The molecular weight excluding hydrogens is 374 g/mol. The number of imide groups is 1. The number of hydrogen-bond donors (Lipinski definition) is 2. The first-order valence-electron chi connectivity index (χ1n) is 10.2. The Balaban J connectivity index is 1.78. The molecule has 8 heteroatoms. The molecule has 0 radical (unpaired) electrons. The monoisotopic (exact) mass is 401 g/mol. The van der Waals surface area contributed by atoms with E-state index in [1.807, 2.05) is 12.1 Å². The summed E-state index contributed by atoms with van der Waals surface area (Å²) in [4.78, 5) is 51.2. The normalized spacial score (nSPS) is 18.6. The first-order chi connectivity index (χ1) is 13.9. The minimum atomic E-state index is -0.793. The molecule has 2 N–H and O–H groups in total. The second kappa shape index (κ2) is 9.07. The fourth-order valence-electron chi connectivity index (χ4n) is 4.07. The molecule has 2 heterocycles. The van der Waals surface area contributed by atoms with E-state index >= 15 is 0 Å². The third kappa shape index (κ3) is 4.58. The van der Waals surface area contributed by atoms with Crippen LogP contribution in [0.4, 0.5) is 5.69 Å². The summed E-state index contributed by atoms with van der Waals surface area (Å²) in [5, 5.41) is 11.2. The largest absolute Gasteiger partial charge is 0.481 e. The van der Waals surface area contributed by atoms with Crippen LogP contribution in [0.3, 0.4) is 0 Å². The van der Waals surface area contributed by atoms with Crippen LogP contribution in [0.2, 0.25) is 0 Å². The minimum Gasteiger partial charge on any atom is -0.481 e. The topological polar surface area (TPSA) is 107 Å². The van der Waals surface area contributed by atoms with E-state index < -0.39 is 17.9 Å². The second-order valence-corrected chi connectivity index (χ2v) is 7.54. The predicted octanol–water partition coefficient (Wildman–Crippen LogP) is 1.92. The number of carboxylic acid groups (broad SMARTS) is 1. The van der Waals surface area contributed by atoms with Crippen LogP contribution in [-0.2, 0) is 20.9 Å². The molecule has 0 bridgehead atoms. The van der Waals surface area contributed by atoms with Gasteiger partial charge in [-0.1, -0.05) is 13.0 Å². The average molecular weight is 401 g/mol. The fraction of sp³-hybridized carbons (Fsp3) is 0.524. The van der Waals surface area contributed by atoms with Crippen LogP contribution in [0.15, 0.2) is 18.2 Å². The van der Waals surface area contributed by atoms with Crippen LogP contribution in [-0.4, -0.2) is 52.8 Å². The van der Waals surface area contributed by atoms with Crippen LogP contribution in [0.1, 0.15) is 61.4 Å². The zero-order valence-electron chi connectivity index (χ0n) is 16.6. The molecule has 1 saturated heterocycles. The first-order valence-corrected chi connectivity index (χ1v) is 10.2. The Hall–Kier alpha value is -2.90. The maximum Gasteiger partial charge on any atom is 0.303 e. The lowest BCUT2D eigenvalue weighted by Gasteiger charge is -2.30. The third-order valence-electron chi connectivity index (χ3n) is 5.46. The first kappa shape index (κ1) is 20.8. The van der Waals surface area contributed by atoms with E-state index in [2.05, 4.69) is 17.1 Å². The van der Waals surface area contributed by atoms with Crippen molar-refractivity contribution in [2.75, 3.05) is 18.0 Å². The molecule has 0 aliphatic carbocycles. The molecular formula is C21H27N3O5. The number of hydrogen-bond acceptors (Lipinski definition) is 5. The van der Waals surface area contributed by atoms with Crippen molar-refractivity contribution in [2.24, 2.45) is 0 Å². The summed E-state index contributed by atoms with van der Waals surface area (Å²) in [6.45, 7) is 3.93. The van der Waals surface area contributed by atoms with E-state index in [9.17, 15) is 19.2 Å². The summed E-state index contributed by atoms with van der Waals surface area (Å²) in [5.74, 6) is -1.69. The van der Waals surface area contributed by atoms with Gasteiger partial charge in [0.25, 0.3) is 5.91 Å². The van der Waals surface area contributed by atoms with Gasteiger partial charge in [-0.25, -0.2) is 0 Å². The van der Waals surface area contributed by atoms with Gasteiger partial charge in [-0.05, 0) is 37.8 Å². The number of unbranched alkanes of at least 4 members (excludes halogenated alkanes) is 1. The van der Waals surface area contributed by atoms with Gasteiger partial charge >= 0.3 is 5.97 Å². The van der Waals surface area contributed by atoms with Gasteiger partial charge in [-0.3, -0.25) is 24.5 Å². The van der Waals surface area contributed by atoms with Crippen molar-refractivity contribution >= 4 is 29.4 Å². The Morgan fingerprint density at radius 2 is 2.03 bits per heavy atom. The van der Waals surface area contributed by atoms with Crippen molar-refractivity contribution in [1.82, 2.24) is 10.2 Å². The molecule has 2 aliphatic heterocycles. The Kier molecular flexibility index (Phi) is 6.51. The molecule has 1 fully saturated rings. The van der Waals surface area contributed by atoms with E-state index in [-0.39, 0.29) is 24.7 Å². The molecule has 0 saturated carbocycles. The summed E-state index contributed by atoms with van der Waals surface area (Å²) in [7, 11) is 0. The highest BCUT2D eigenvalue weighted by atomic mass is 16.4. The Morgan fingerprint density at radius 3 is 2.72 bits per heavy atom. The standard InChI is InChI=1S/C21H27N3O5/c1-2-11-23(12-4-3-8-19(26)27)16-7-5-6-14-15(16)13-24(21(14)29)17-9-10-18(25)22-20(17)28/h5-7,17H,2-4,8-13H2,1H3,(H,26,27)(H,22,25,28). The molecule has 3 rings (SSSR count). The number of nitrogens with zero attached hydrogens (tertiary/aromatic N) is 2. The van der Waals surface area contributed by atoms with Crippen molar-refractivity contribution in [3.05, 3.63) is 29.3 Å². The molecule has 0 aromatic heterocycles. The number of carbonyl (C=O) groups is 4. The lowest BCUT2D eigenvalue weighted by molar-refractivity contribution is -0.138. The fourth-order valence-corrected chi connectivity index (χ4v) is 4.07. The van der Waals surface area contributed by atoms with Gasteiger partial charge in [-0.2, -0.15) is 0 Å². The highest BCUT2D eigenvalue weighted by molar-refractivity contribution is 6.06. The Labute approximate surface area is 169 Å². The predicted molar refractivity (Wildman–Crippen MR) is 106 cm³/mol. The van der Waals surface area contributed by atoms with Gasteiger partial charge in [0.2, 0.25) is 11.8 Å². The average Bonchev–Trinajstić information content (AvgIpc) is 3.01. The highest BCUT2D eigenvalue weighted by Crippen LogP contribution is 2.34. The number of fused-ring (bicyclic) bond motifs is 1. The molecule has 1 atom stereocenters. The molecule has 8 nitrogen and oxygen atoms in total. The molecule has 0 spiro atoms. The summed E-state index contributed by atoms with van der Waals surface area (Å²) < 4.78 is 0. The lowest BCUT2D eigenvalue weighted by atomic mass is 10.0. The molecule has 3 amide bonds. The van der Waals surface area contributed by atoms with Crippen molar-refractivity contribution in [3.63, 3.8) is 0 Å². The molecule has 1 aromatic rings. The minimum absolute atomic E-state index is 0.147. The van der Waals surface area contributed by atoms with Gasteiger partial charge < -0.3 is 14.9 Å². The second-order valence-electron chi connectivity index (χ2n) is 7.54. The van der Waals surface area contributed by atoms with Crippen LogP contribution < -0.4 is 10.2 Å². The maximum atomic E-state index is 13.0. The number of nitrogens with one attached hydrogen (secondary N) is 1. The van der Waals surface area contributed by atoms with E-state index in [0.717, 1.165) is 30.6 Å². The van der Waals surface area contributed by atoms with Crippen LogP contribution >= 0.6 is 0 Å². The van der Waals surface area contributed by atoms with E-state index in [4.69, 9.17) is 5.11 Å². The third-order valence-corrected chi connectivity index (χ3v) is 5.46. The number of benzene rings is 1. The number of rotatable bonds is 9. The number of aliphatic carboxylic acids is 1. The van der Waals surface area contributed by atoms with E-state index in [1.54, 1.807) is 11.0 Å². The van der Waals surface area contributed by atoms with Gasteiger partial charge in [0.1, 0.15) is 6.04 Å². The molecule has 156 valence electrons. The lowest BCUT2D eigenvalue weighted by Crippen LogP contribution is -2.52. The van der Waals surface area contributed by atoms with Crippen LogP contribution in [0.25, 0.3) is 0 Å². The van der Waals surface area contributed by atoms with Crippen LogP contribution in [0, 0.1) is 0 Å². The van der Waals surface area contributed by atoms with Crippen molar-refractivity contribution in [1.29, 1.82) is 0 Å². The van der Waals surface area contributed by atoms with Crippen molar-refractivity contribution in [2.45, 2.75) is 58.0 Å². The van der Waals surface area contributed by atoms with Gasteiger partial charge in [0.05, 0.1) is 0 Å². The highest BCUT2D eigenvalue weighted by Gasteiger charge is 2.40. The van der Waals surface area contributed by atoms with E-state index in [0.29, 0.717) is 31.5 Å². The summed E-state index contributed by atoms with van der Waals surface area (Å²) in [5.41, 5.74) is 2.45. The van der Waals surface area contributed by atoms with Gasteiger partial charge in [0, 0.05) is 49.3 Å². The number of carboxylic acids is 1. The Bertz CT molecular complexity index is 823. The maximum absolute atomic E-state index is 13.0. The Morgan fingerprint density at radius 1 is 1.24 bits per heavy atom. The summed E-state index contributed by atoms with van der Waals surface area (Å²) in [6.07, 6.45) is 3.00. The molecule has 1 unspecified atom stereocenters. The number of carbonyl (C=O) groups excluding carboxylic acids is 3. The summed E-state index contributed by atoms with van der Waals surface area (Å²) >= 11 is 0. The molecule has 29 heavy (non-hydrogen) atoms. The van der Waals surface area contributed by atoms with Crippen LogP contribution in [0.5, 0.6) is 0 Å². The number of anilines is 1. The van der Waals surface area contributed by atoms with E-state index in [1.165, 1.54) is 0 Å². The number of piperidine rings is 1. The smallest absolute Gasteiger partial charge is 0.303 e. The quantitative estimate of drug-likeness (QED) is 0.484. The van der Waals surface area contributed by atoms with Crippen molar-refractivity contribution in [3.8, 4) is 0 Å². The SMILES string of the molecule is CCCN(CCCCC(=O)O)c1cccc2c1CN(C1CCC(=O)NC1=O)C2=O. The zero-order valence-corrected chi connectivity index (χ0v) is 16.6. The molecule has 1 aromatic carbocycles. The number of amides is 3. The van der Waals surface area contributed by atoms with Gasteiger partial charge in [-0.15, -0.1) is 0 Å². The summed E-state index contributed by atoms with van der Waals surface area (Å²) in [6, 6.07) is 4.98. The zero-order chi connectivity index (χ0) is 21.0. The van der Waals surface area contributed by atoms with Gasteiger partial charge in [0.15, 0.2) is 0 Å². The molecule has 2 aliphatic rings.